The number of methoxy groups -OCH3 is 5. The lowest BCUT2D eigenvalue weighted by Crippen LogP contribution is -1.97. The Hall–Kier alpha value is -3.02. The van der Waals surface area contributed by atoms with Gasteiger partial charge in [0, 0.05) is 0 Å². The molecule has 2 N–H and O–H groups in total. The van der Waals surface area contributed by atoms with Crippen molar-refractivity contribution in [2.75, 3.05) is 41.3 Å². The summed E-state index contributed by atoms with van der Waals surface area (Å²) in [6.07, 6.45) is 3.84. The van der Waals surface area contributed by atoms with Crippen LogP contribution in [-0.2, 0) is 0 Å². The molecule has 0 aromatic heterocycles. The molecule has 134 valence electrons. The quantitative estimate of drug-likeness (QED) is 0.612. The third kappa shape index (κ3) is 3.91. The molecule has 0 bridgehead atoms. The second-order valence-electron chi connectivity index (χ2n) is 5.14. The van der Waals surface area contributed by atoms with Crippen molar-refractivity contribution in [2.45, 2.75) is 0 Å². The summed E-state index contributed by atoms with van der Waals surface area (Å²) in [5.74, 6) is 2.83. The SMILES string of the molecule is COc1cc(/C=C\c2cc(OC)c(OC)c(OC)c2)cc(N)c1OC. The third-order valence-electron chi connectivity index (χ3n) is 3.69. The molecule has 0 saturated heterocycles. The number of nitrogen functional groups attached to an aromatic ring is 1. The van der Waals surface area contributed by atoms with Crippen molar-refractivity contribution in [3.63, 3.8) is 0 Å². The molecule has 0 spiro atoms. The van der Waals surface area contributed by atoms with E-state index in [0.717, 1.165) is 11.1 Å². The highest BCUT2D eigenvalue weighted by Gasteiger charge is 2.12. The number of rotatable bonds is 7. The Bertz CT molecular complexity index is 746. The summed E-state index contributed by atoms with van der Waals surface area (Å²) in [4.78, 5) is 0. The van der Waals surface area contributed by atoms with E-state index in [9.17, 15) is 0 Å². The molecule has 2 aromatic rings. The molecule has 0 aliphatic rings. The minimum absolute atomic E-state index is 0.506. The first kappa shape index (κ1) is 18.3. The minimum atomic E-state index is 0.506. The molecule has 0 aliphatic heterocycles. The van der Waals surface area contributed by atoms with E-state index in [-0.39, 0.29) is 0 Å². The molecule has 0 unspecified atom stereocenters. The van der Waals surface area contributed by atoms with Crippen LogP contribution in [0.5, 0.6) is 28.7 Å². The van der Waals surface area contributed by atoms with Crippen LogP contribution >= 0.6 is 0 Å². The van der Waals surface area contributed by atoms with Gasteiger partial charge < -0.3 is 29.4 Å². The van der Waals surface area contributed by atoms with Gasteiger partial charge in [-0.05, 0) is 35.4 Å². The van der Waals surface area contributed by atoms with Crippen molar-refractivity contribution >= 4 is 17.8 Å². The molecule has 2 aromatic carbocycles. The Labute approximate surface area is 147 Å². The van der Waals surface area contributed by atoms with Gasteiger partial charge in [-0.25, -0.2) is 0 Å². The van der Waals surface area contributed by atoms with Crippen LogP contribution in [0.1, 0.15) is 11.1 Å². The van der Waals surface area contributed by atoms with Crippen molar-refractivity contribution in [1.29, 1.82) is 0 Å². The topological polar surface area (TPSA) is 72.2 Å². The van der Waals surface area contributed by atoms with Crippen LogP contribution in [0.25, 0.3) is 12.2 Å². The number of hydrogen-bond acceptors (Lipinski definition) is 6. The summed E-state index contributed by atoms with van der Waals surface area (Å²) >= 11 is 0. The van der Waals surface area contributed by atoms with E-state index in [4.69, 9.17) is 29.4 Å². The number of ether oxygens (including phenoxy) is 5. The summed E-state index contributed by atoms with van der Waals surface area (Å²) in [5, 5.41) is 0. The molecule has 2 rings (SSSR count). The second-order valence-corrected chi connectivity index (χ2v) is 5.14. The molecule has 0 saturated carbocycles. The summed E-state index contributed by atoms with van der Waals surface area (Å²) in [7, 11) is 7.87. The lowest BCUT2D eigenvalue weighted by molar-refractivity contribution is 0.324. The molecule has 0 aliphatic carbocycles. The maximum absolute atomic E-state index is 6.01. The van der Waals surface area contributed by atoms with Gasteiger partial charge in [0.05, 0.1) is 41.2 Å². The van der Waals surface area contributed by atoms with Crippen LogP contribution in [-0.4, -0.2) is 35.5 Å². The van der Waals surface area contributed by atoms with E-state index >= 15 is 0 Å². The highest BCUT2D eigenvalue weighted by Crippen LogP contribution is 2.39. The standard InChI is InChI=1S/C19H23NO5/c1-21-15-9-12(8-14(20)18(15)24-4)6-7-13-10-16(22-2)19(25-5)17(11-13)23-3/h6-11H,20H2,1-5H3/b7-6-. The fraction of sp³-hybridized carbons (Fsp3) is 0.263. The first-order valence-electron chi connectivity index (χ1n) is 7.57. The van der Waals surface area contributed by atoms with Crippen LogP contribution in [0, 0.1) is 0 Å². The fourth-order valence-electron chi connectivity index (χ4n) is 2.50. The number of benzene rings is 2. The molecule has 0 atom stereocenters. The lowest BCUT2D eigenvalue weighted by atomic mass is 10.1. The van der Waals surface area contributed by atoms with Crippen LogP contribution < -0.4 is 29.4 Å². The van der Waals surface area contributed by atoms with Gasteiger partial charge in [-0.2, -0.15) is 0 Å². The molecule has 0 radical (unpaired) electrons. The molecule has 0 fully saturated rings. The predicted molar refractivity (Wildman–Crippen MR) is 99.0 cm³/mol. The average molecular weight is 345 g/mol. The van der Waals surface area contributed by atoms with Gasteiger partial charge in [0.25, 0.3) is 0 Å². The lowest BCUT2D eigenvalue weighted by Gasteiger charge is -2.13. The minimum Gasteiger partial charge on any atom is -0.493 e. The summed E-state index contributed by atoms with van der Waals surface area (Å²) in [5.41, 5.74) is 8.29. The van der Waals surface area contributed by atoms with Gasteiger partial charge in [-0.1, -0.05) is 12.2 Å². The number of nitrogens with two attached hydrogens (primary N) is 1. The van der Waals surface area contributed by atoms with Gasteiger partial charge in [-0.3, -0.25) is 0 Å². The van der Waals surface area contributed by atoms with Gasteiger partial charge in [0.15, 0.2) is 23.0 Å². The fourth-order valence-corrected chi connectivity index (χ4v) is 2.50. The first-order chi connectivity index (χ1) is 12.1. The summed E-state index contributed by atoms with van der Waals surface area (Å²) in [6, 6.07) is 7.39. The predicted octanol–water partition coefficient (Wildman–Crippen LogP) is 3.48. The van der Waals surface area contributed by atoms with E-state index < -0.39 is 0 Å². The maximum Gasteiger partial charge on any atom is 0.203 e. The zero-order valence-electron chi connectivity index (χ0n) is 15.1. The summed E-state index contributed by atoms with van der Waals surface area (Å²) < 4.78 is 26.6. The van der Waals surface area contributed by atoms with E-state index in [2.05, 4.69) is 0 Å². The highest BCUT2D eigenvalue weighted by atomic mass is 16.5. The van der Waals surface area contributed by atoms with Gasteiger partial charge in [0.2, 0.25) is 5.75 Å². The van der Waals surface area contributed by atoms with Crippen LogP contribution in [0.4, 0.5) is 5.69 Å². The Morgan fingerprint density at radius 3 is 1.40 bits per heavy atom. The molecule has 25 heavy (non-hydrogen) atoms. The summed E-state index contributed by atoms with van der Waals surface area (Å²) in [6.45, 7) is 0. The molecular weight excluding hydrogens is 322 g/mol. The van der Waals surface area contributed by atoms with Crippen molar-refractivity contribution < 1.29 is 23.7 Å². The van der Waals surface area contributed by atoms with Gasteiger partial charge in [0.1, 0.15) is 0 Å². The Kier molecular flexibility index (Phi) is 6.00. The Morgan fingerprint density at radius 1 is 0.600 bits per heavy atom. The monoisotopic (exact) mass is 345 g/mol. The zero-order chi connectivity index (χ0) is 18.4. The maximum atomic E-state index is 6.01. The van der Waals surface area contributed by atoms with E-state index in [1.165, 1.54) is 0 Å². The molecule has 0 amide bonds. The average Bonchev–Trinajstić information content (AvgIpc) is 2.64. The van der Waals surface area contributed by atoms with Crippen molar-refractivity contribution in [1.82, 2.24) is 0 Å². The molecular formula is C19H23NO5. The van der Waals surface area contributed by atoms with Gasteiger partial charge in [-0.15, -0.1) is 0 Å². The smallest absolute Gasteiger partial charge is 0.203 e. The molecule has 6 nitrogen and oxygen atoms in total. The van der Waals surface area contributed by atoms with Crippen molar-refractivity contribution in [3.05, 3.63) is 35.4 Å². The number of anilines is 1. The third-order valence-corrected chi connectivity index (χ3v) is 3.69. The molecule has 6 heteroatoms. The van der Waals surface area contributed by atoms with Gasteiger partial charge >= 0.3 is 0 Å². The van der Waals surface area contributed by atoms with E-state index in [1.807, 2.05) is 36.4 Å². The second kappa shape index (κ2) is 8.19. The number of hydrogen-bond donors (Lipinski definition) is 1. The van der Waals surface area contributed by atoms with Crippen molar-refractivity contribution in [2.24, 2.45) is 0 Å². The van der Waals surface area contributed by atoms with E-state index in [1.54, 1.807) is 35.5 Å². The Morgan fingerprint density at radius 2 is 1.00 bits per heavy atom. The van der Waals surface area contributed by atoms with Crippen LogP contribution in [0.15, 0.2) is 24.3 Å². The zero-order valence-corrected chi connectivity index (χ0v) is 15.1. The van der Waals surface area contributed by atoms with Crippen LogP contribution in [0.3, 0.4) is 0 Å². The normalized spacial score (nSPS) is 10.6. The van der Waals surface area contributed by atoms with Crippen LogP contribution in [0.2, 0.25) is 0 Å². The van der Waals surface area contributed by atoms with E-state index in [0.29, 0.717) is 34.4 Å². The van der Waals surface area contributed by atoms with Crippen molar-refractivity contribution in [3.8, 4) is 28.7 Å². The first-order valence-corrected chi connectivity index (χ1v) is 7.57. The Balaban J connectivity index is 2.41. The largest absolute Gasteiger partial charge is 0.493 e. The highest BCUT2D eigenvalue weighted by molar-refractivity contribution is 5.76. The molecule has 0 heterocycles.